The summed E-state index contributed by atoms with van der Waals surface area (Å²) in [6.07, 6.45) is -0.141. The molecule has 2 N–H and O–H groups in total. The van der Waals surface area contributed by atoms with Crippen LogP contribution in [0.15, 0.2) is 24.3 Å². The van der Waals surface area contributed by atoms with E-state index in [2.05, 4.69) is 5.32 Å². The minimum absolute atomic E-state index is 0.196. The van der Waals surface area contributed by atoms with Gasteiger partial charge in [-0.15, -0.1) is 0 Å². The lowest BCUT2D eigenvalue weighted by atomic mass is 10.3. The van der Waals surface area contributed by atoms with E-state index in [0.29, 0.717) is 6.54 Å². The van der Waals surface area contributed by atoms with Crippen molar-refractivity contribution >= 4 is 5.69 Å². The zero-order valence-corrected chi connectivity index (χ0v) is 9.53. The molecule has 1 atom stereocenters. The Morgan fingerprint density at radius 2 is 1.80 bits per heavy atom. The highest BCUT2D eigenvalue weighted by Crippen LogP contribution is 2.16. The fraction of sp³-hybridized carbons (Fsp3) is 0.500. The summed E-state index contributed by atoms with van der Waals surface area (Å²) in [6.45, 7) is 6.31. The zero-order valence-electron chi connectivity index (χ0n) is 9.53. The topological polar surface area (TPSA) is 41.5 Å². The van der Waals surface area contributed by atoms with Crippen LogP contribution < -0.4 is 10.1 Å². The van der Waals surface area contributed by atoms with E-state index < -0.39 is 0 Å². The normalized spacial score (nSPS) is 12.6. The van der Waals surface area contributed by atoms with Crippen LogP contribution in [0.25, 0.3) is 0 Å². The smallest absolute Gasteiger partial charge is 0.119 e. The van der Waals surface area contributed by atoms with E-state index in [0.717, 1.165) is 11.4 Å². The second-order valence-electron chi connectivity index (χ2n) is 3.92. The van der Waals surface area contributed by atoms with E-state index in [9.17, 15) is 0 Å². The van der Waals surface area contributed by atoms with Gasteiger partial charge in [-0.1, -0.05) is 0 Å². The molecular formula is C12H19NO2. The van der Waals surface area contributed by atoms with E-state index in [1.54, 1.807) is 6.92 Å². The third kappa shape index (κ3) is 4.70. The van der Waals surface area contributed by atoms with Crippen molar-refractivity contribution in [1.29, 1.82) is 0 Å². The molecule has 1 rings (SSSR count). The maximum atomic E-state index is 9.10. The van der Waals surface area contributed by atoms with Gasteiger partial charge in [-0.25, -0.2) is 0 Å². The molecule has 0 aromatic heterocycles. The average molecular weight is 209 g/mol. The Kier molecular flexibility index (Phi) is 4.43. The second kappa shape index (κ2) is 5.61. The molecule has 0 aliphatic rings. The Bertz CT molecular complexity index is 280. The van der Waals surface area contributed by atoms with Gasteiger partial charge >= 0.3 is 0 Å². The Labute approximate surface area is 91.1 Å². The summed E-state index contributed by atoms with van der Waals surface area (Å²) in [7, 11) is 0. The number of hydrogen-bond donors (Lipinski definition) is 2. The number of anilines is 1. The minimum Gasteiger partial charge on any atom is -0.491 e. The number of ether oxygens (including phenoxy) is 1. The van der Waals surface area contributed by atoms with Gasteiger partial charge in [0.25, 0.3) is 0 Å². The average Bonchev–Trinajstić information content (AvgIpc) is 2.16. The van der Waals surface area contributed by atoms with Gasteiger partial charge in [0.2, 0.25) is 0 Å². The minimum atomic E-state index is -0.336. The van der Waals surface area contributed by atoms with Crippen LogP contribution in [0.1, 0.15) is 20.8 Å². The highest BCUT2D eigenvalue weighted by Gasteiger charge is 1.98. The molecular weight excluding hydrogens is 190 g/mol. The number of aliphatic hydroxyl groups is 1. The predicted molar refractivity (Wildman–Crippen MR) is 62.4 cm³/mol. The van der Waals surface area contributed by atoms with Gasteiger partial charge in [0.1, 0.15) is 5.75 Å². The van der Waals surface area contributed by atoms with Crippen molar-refractivity contribution in [3.05, 3.63) is 24.3 Å². The van der Waals surface area contributed by atoms with Crippen molar-refractivity contribution < 1.29 is 9.84 Å². The standard InChI is InChI=1S/C12H19NO2/c1-9(2)15-12-6-4-11(5-7-12)13-8-10(3)14/h4-7,9-10,13-14H,8H2,1-3H3/t10-/m1/s1. The van der Waals surface area contributed by atoms with Gasteiger partial charge in [-0.3, -0.25) is 0 Å². The van der Waals surface area contributed by atoms with Gasteiger partial charge in [0, 0.05) is 12.2 Å². The van der Waals surface area contributed by atoms with Crippen molar-refractivity contribution in [1.82, 2.24) is 0 Å². The van der Waals surface area contributed by atoms with Crippen LogP contribution in [0.2, 0.25) is 0 Å². The molecule has 1 aromatic rings. The first kappa shape index (κ1) is 11.9. The largest absolute Gasteiger partial charge is 0.491 e. The summed E-state index contributed by atoms with van der Waals surface area (Å²) in [5.41, 5.74) is 0.993. The Morgan fingerprint density at radius 1 is 1.20 bits per heavy atom. The lowest BCUT2D eigenvalue weighted by molar-refractivity contribution is 0.208. The summed E-state index contributed by atoms with van der Waals surface area (Å²) < 4.78 is 5.52. The third-order valence-corrected chi connectivity index (χ3v) is 1.83. The first-order valence-corrected chi connectivity index (χ1v) is 5.26. The summed E-state index contributed by atoms with van der Waals surface area (Å²) in [5, 5.41) is 12.2. The fourth-order valence-corrected chi connectivity index (χ4v) is 1.19. The molecule has 0 spiro atoms. The predicted octanol–water partition coefficient (Wildman–Crippen LogP) is 2.27. The molecule has 3 heteroatoms. The Morgan fingerprint density at radius 3 is 2.27 bits per heavy atom. The summed E-state index contributed by atoms with van der Waals surface area (Å²) in [5.74, 6) is 0.868. The van der Waals surface area contributed by atoms with Crippen molar-refractivity contribution in [2.45, 2.75) is 33.0 Å². The molecule has 0 unspecified atom stereocenters. The monoisotopic (exact) mass is 209 g/mol. The molecule has 0 saturated heterocycles. The van der Waals surface area contributed by atoms with Gasteiger partial charge in [-0.05, 0) is 45.0 Å². The Balaban J connectivity index is 2.49. The second-order valence-corrected chi connectivity index (χ2v) is 3.92. The van der Waals surface area contributed by atoms with Gasteiger partial charge in [-0.2, -0.15) is 0 Å². The molecule has 0 amide bonds. The van der Waals surface area contributed by atoms with Crippen LogP contribution in [-0.4, -0.2) is 23.9 Å². The van der Waals surface area contributed by atoms with Crippen molar-refractivity contribution in [2.24, 2.45) is 0 Å². The summed E-state index contributed by atoms with van der Waals surface area (Å²) in [6, 6.07) is 7.73. The molecule has 0 aliphatic heterocycles. The number of benzene rings is 1. The summed E-state index contributed by atoms with van der Waals surface area (Å²) in [4.78, 5) is 0. The molecule has 0 saturated carbocycles. The highest BCUT2D eigenvalue weighted by atomic mass is 16.5. The molecule has 3 nitrogen and oxygen atoms in total. The molecule has 0 bridgehead atoms. The van der Waals surface area contributed by atoms with E-state index in [4.69, 9.17) is 9.84 Å². The molecule has 0 heterocycles. The van der Waals surface area contributed by atoms with Crippen LogP contribution in [0, 0.1) is 0 Å². The maximum Gasteiger partial charge on any atom is 0.119 e. The van der Waals surface area contributed by atoms with Crippen LogP contribution in [0.3, 0.4) is 0 Å². The third-order valence-electron chi connectivity index (χ3n) is 1.83. The quantitative estimate of drug-likeness (QED) is 0.781. The number of rotatable bonds is 5. The maximum absolute atomic E-state index is 9.10. The van der Waals surface area contributed by atoms with Crippen LogP contribution in [0.4, 0.5) is 5.69 Å². The van der Waals surface area contributed by atoms with E-state index in [1.165, 1.54) is 0 Å². The zero-order chi connectivity index (χ0) is 11.3. The van der Waals surface area contributed by atoms with Crippen molar-refractivity contribution in [3.8, 4) is 5.75 Å². The van der Waals surface area contributed by atoms with Crippen molar-refractivity contribution in [3.63, 3.8) is 0 Å². The molecule has 0 fully saturated rings. The number of nitrogens with one attached hydrogen (secondary N) is 1. The summed E-state index contributed by atoms with van der Waals surface area (Å²) >= 11 is 0. The van der Waals surface area contributed by atoms with Gasteiger partial charge < -0.3 is 15.2 Å². The van der Waals surface area contributed by atoms with E-state index in [1.807, 2.05) is 38.1 Å². The highest BCUT2D eigenvalue weighted by molar-refractivity contribution is 5.46. The molecule has 15 heavy (non-hydrogen) atoms. The van der Waals surface area contributed by atoms with E-state index >= 15 is 0 Å². The Hall–Kier alpha value is -1.22. The first-order valence-electron chi connectivity index (χ1n) is 5.26. The molecule has 84 valence electrons. The number of hydrogen-bond acceptors (Lipinski definition) is 3. The number of aliphatic hydroxyl groups excluding tert-OH is 1. The van der Waals surface area contributed by atoms with Gasteiger partial charge in [0.15, 0.2) is 0 Å². The first-order chi connectivity index (χ1) is 7.08. The van der Waals surface area contributed by atoms with Gasteiger partial charge in [0.05, 0.1) is 12.2 Å². The van der Waals surface area contributed by atoms with Crippen molar-refractivity contribution in [2.75, 3.05) is 11.9 Å². The van der Waals surface area contributed by atoms with Crippen LogP contribution in [0.5, 0.6) is 5.75 Å². The van der Waals surface area contributed by atoms with Crippen LogP contribution >= 0.6 is 0 Å². The lowest BCUT2D eigenvalue weighted by Crippen LogP contribution is -2.15. The SMILES string of the molecule is CC(C)Oc1ccc(NC[C@@H](C)O)cc1. The fourth-order valence-electron chi connectivity index (χ4n) is 1.19. The molecule has 1 aromatic carbocycles. The van der Waals surface area contributed by atoms with E-state index in [-0.39, 0.29) is 12.2 Å². The molecule has 0 radical (unpaired) electrons. The van der Waals surface area contributed by atoms with Crippen LogP contribution in [-0.2, 0) is 0 Å². The molecule has 0 aliphatic carbocycles. The lowest BCUT2D eigenvalue weighted by Gasteiger charge is -2.11.